The van der Waals surface area contributed by atoms with Crippen LogP contribution in [-0.2, 0) is 32.7 Å². The average Bonchev–Trinajstić information content (AvgIpc) is 3.60. The van der Waals surface area contributed by atoms with Gasteiger partial charge in [-0.25, -0.2) is 14.6 Å². The summed E-state index contributed by atoms with van der Waals surface area (Å²) >= 11 is 0. The van der Waals surface area contributed by atoms with Crippen LogP contribution in [0.2, 0.25) is 0 Å². The number of imidazole rings is 1. The van der Waals surface area contributed by atoms with E-state index in [1.54, 1.807) is 24.7 Å². The summed E-state index contributed by atoms with van der Waals surface area (Å²) in [6.45, 7) is 5.60. The second-order valence-electron chi connectivity index (χ2n) is 11.1. The number of aromatic nitrogens is 7. The Morgan fingerprint density at radius 2 is 1.93 bits per heavy atom. The van der Waals surface area contributed by atoms with Crippen LogP contribution in [0.3, 0.4) is 0 Å². The molecule has 0 spiro atoms. The number of nitrogens with zero attached hydrogens (tertiary/aromatic N) is 5. The van der Waals surface area contributed by atoms with E-state index in [9.17, 15) is 24.6 Å². The second kappa shape index (κ2) is 16.3. The van der Waals surface area contributed by atoms with Gasteiger partial charge in [-0.3, -0.25) is 9.59 Å². The van der Waals surface area contributed by atoms with Gasteiger partial charge in [-0.1, -0.05) is 56.3 Å². The maximum atomic E-state index is 12.9. The molecule has 1 aromatic carbocycles. The van der Waals surface area contributed by atoms with Crippen molar-refractivity contribution in [3.8, 4) is 5.88 Å². The largest absolute Gasteiger partial charge is 1.00 e. The van der Waals surface area contributed by atoms with E-state index < -0.39 is 36.8 Å². The van der Waals surface area contributed by atoms with Gasteiger partial charge in [0.1, 0.15) is 10.7 Å². The summed E-state index contributed by atoms with van der Waals surface area (Å²) in [6.07, 6.45) is 5.64. The molecule has 1 atom stereocenters. The summed E-state index contributed by atoms with van der Waals surface area (Å²) in [7, 11) is 0. The number of nitrogens with one attached hydrogen (secondary N) is 2. The fourth-order valence-electron chi connectivity index (χ4n) is 4.28. The van der Waals surface area contributed by atoms with Crippen molar-refractivity contribution >= 4 is 24.1 Å². The molecule has 3 aromatic heterocycles. The number of aliphatic hydroxyl groups excluding tert-OH is 1. The van der Waals surface area contributed by atoms with E-state index in [2.05, 4.69) is 30.2 Å². The zero-order valence-electron chi connectivity index (χ0n) is 25.6. The molecule has 4 rings (SSSR count). The van der Waals surface area contributed by atoms with Crippen LogP contribution in [0.25, 0.3) is 12.2 Å². The third-order valence-corrected chi connectivity index (χ3v) is 6.35. The number of benzene rings is 1. The molecular formula is C30H34N7NaO7. The fourth-order valence-corrected chi connectivity index (χ4v) is 4.28. The second-order valence-corrected chi connectivity index (χ2v) is 11.1. The normalized spacial score (nSPS) is 12.9. The van der Waals surface area contributed by atoms with Crippen LogP contribution in [0.5, 0.6) is 5.88 Å². The molecule has 0 aliphatic heterocycles. The Balaban J connectivity index is 0.00000552. The molecule has 4 aromatic rings. The number of carbonyl (C=O) groups is 2. The number of aliphatic carboxylic acids is 1. The van der Waals surface area contributed by atoms with E-state index >= 15 is 0 Å². The van der Waals surface area contributed by atoms with Crippen LogP contribution in [-0.4, -0.2) is 64.9 Å². The Hall–Kier alpha value is -4.11. The number of hydrogen-bond acceptors (Lipinski definition) is 11. The standard InChI is InChI=1S/C30H35N7O7.Na/c1-30(2,3)27-22(31-17-32-27)14-24-29(34-23(28(42)33-24)12-19-8-5-4-6-9-19)44-18-43-26(41)11-7-10-20-15-37(36-35-20)16-21(38)13-25(39)40;/h4-6,8-9,12,14-15,17,21,38H,7,10-11,13,16,18H2,1-3H3,(H,31,32)(H,33,42)(H,39,40);/q;+1/p-1/b23-12-,24-14-;/t21-;/m0./s1. The summed E-state index contributed by atoms with van der Waals surface area (Å²) < 4.78 is 12.3. The smallest absolute Gasteiger partial charge is 0.550 e. The minimum atomic E-state index is -1.36. The molecule has 0 amide bonds. The number of hydrogen-bond donors (Lipinski definition) is 3. The van der Waals surface area contributed by atoms with Crippen LogP contribution in [0, 0.1) is 0 Å². The van der Waals surface area contributed by atoms with Gasteiger partial charge in [0, 0.05) is 36.1 Å². The Kier molecular flexibility index (Phi) is 12.8. The van der Waals surface area contributed by atoms with Crippen molar-refractivity contribution in [1.82, 2.24) is 34.9 Å². The molecule has 0 saturated carbocycles. The van der Waals surface area contributed by atoms with Crippen molar-refractivity contribution in [2.45, 2.75) is 64.5 Å². The summed E-state index contributed by atoms with van der Waals surface area (Å²) in [5.74, 6) is -1.82. The number of aromatic amines is 2. The van der Waals surface area contributed by atoms with E-state index in [0.29, 0.717) is 24.2 Å². The zero-order valence-corrected chi connectivity index (χ0v) is 27.6. The maximum absolute atomic E-state index is 12.9. The topological polar surface area (TPSA) is 201 Å². The van der Waals surface area contributed by atoms with Gasteiger partial charge in [-0.2, -0.15) is 0 Å². The SMILES string of the molecule is CC(C)(C)c1[nH]cnc1/C=c1\[nH]c(=O)/c(=C/c2ccccc2)nc1OCOC(=O)CCCc1cn(C[C@@H](O)CC(=O)[O-])nn1.[Na+]. The average molecular weight is 628 g/mol. The first-order valence-electron chi connectivity index (χ1n) is 14.0. The molecule has 3 heterocycles. The predicted octanol–water partition coefficient (Wildman–Crippen LogP) is -3.55. The van der Waals surface area contributed by atoms with Crippen LogP contribution < -0.4 is 55.7 Å². The van der Waals surface area contributed by atoms with Gasteiger partial charge in [0.15, 0.2) is 0 Å². The van der Waals surface area contributed by atoms with E-state index in [-0.39, 0.29) is 64.5 Å². The first kappa shape index (κ1) is 35.4. The molecule has 0 radical (unpaired) electrons. The van der Waals surface area contributed by atoms with Crippen LogP contribution in [0.4, 0.5) is 0 Å². The zero-order chi connectivity index (χ0) is 31.7. The monoisotopic (exact) mass is 627 g/mol. The molecule has 0 unspecified atom stereocenters. The Labute approximate surface area is 280 Å². The molecule has 0 saturated heterocycles. The molecule has 0 bridgehead atoms. The van der Waals surface area contributed by atoms with E-state index in [0.717, 1.165) is 11.3 Å². The minimum Gasteiger partial charge on any atom is -0.550 e. The quantitative estimate of drug-likeness (QED) is 0.0753. The van der Waals surface area contributed by atoms with Crippen molar-refractivity contribution in [1.29, 1.82) is 0 Å². The Morgan fingerprint density at radius 3 is 2.64 bits per heavy atom. The third kappa shape index (κ3) is 10.8. The summed E-state index contributed by atoms with van der Waals surface area (Å²) in [5, 5.41) is 28.5. The number of aliphatic hydroxyl groups is 1. The fraction of sp³-hybridized carbons (Fsp3) is 0.367. The van der Waals surface area contributed by atoms with Crippen LogP contribution >= 0.6 is 0 Å². The van der Waals surface area contributed by atoms with Gasteiger partial charge in [0.25, 0.3) is 5.56 Å². The predicted molar refractivity (Wildman–Crippen MR) is 155 cm³/mol. The summed E-state index contributed by atoms with van der Waals surface area (Å²) in [5.41, 5.74) is 2.12. The third-order valence-electron chi connectivity index (χ3n) is 6.35. The van der Waals surface area contributed by atoms with Crippen molar-refractivity contribution in [2.75, 3.05) is 6.79 Å². The maximum Gasteiger partial charge on any atom is 1.00 e. The van der Waals surface area contributed by atoms with Crippen molar-refractivity contribution in [2.24, 2.45) is 0 Å². The molecule has 0 aliphatic carbocycles. The summed E-state index contributed by atoms with van der Waals surface area (Å²) in [6, 6.07) is 9.23. The van der Waals surface area contributed by atoms with Crippen LogP contribution in [0.15, 0.2) is 47.7 Å². The number of aryl methyl sites for hydroxylation is 1. The number of ether oxygens (including phenoxy) is 2. The molecule has 14 nitrogen and oxygen atoms in total. The Morgan fingerprint density at radius 1 is 1.18 bits per heavy atom. The molecule has 45 heavy (non-hydrogen) atoms. The Bertz CT molecular complexity index is 1760. The molecule has 3 N–H and O–H groups in total. The molecule has 0 fully saturated rings. The van der Waals surface area contributed by atoms with Crippen molar-refractivity contribution in [3.05, 3.63) is 86.6 Å². The number of rotatable bonds is 13. The summed E-state index contributed by atoms with van der Waals surface area (Å²) in [4.78, 5) is 50.7. The van der Waals surface area contributed by atoms with E-state index in [4.69, 9.17) is 9.47 Å². The van der Waals surface area contributed by atoms with Gasteiger partial charge in [-0.15, -0.1) is 5.10 Å². The van der Waals surface area contributed by atoms with Gasteiger partial charge in [0.05, 0.1) is 30.4 Å². The first-order valence-corrected chi connectivity index (χ1v) is 14.0. The van der Waals surface area contributed by atoms with Crippen LogP contribution in [0.1, 0.15) is 62.7 Å². The molecule has 15 heteroatoms. The number of H-pyrrole nitrogens is 2. The number of carboxylic acids is 1. The number of carboxylic acid groups (broad SMARTS) is 1. The van der Waals surface area contributed by atoms with Crippen molar-refractivity contribution < 1.29 is 58.8 Å². The number of carbonyl (C=O) groups excluding carboxylic acids is 2. The van der Waals surface area contributed by atoms with Gasteiger partial charge >= 0.3 is 35.5 Å². The van der Waals surface area contributed by atoms with Crippen molar-refractivity contribution in [3.63, 3.8) is 0 Å². The first-order chi connectivity index (χ1) is 21.0. The van der Waals surface area contributed by atoms with Gasteiger partial charge in [0.2, 0.25) is 12.7 Å². The van der Waals surface area contributed by atoms with Gasteiger partial charge in [-0.05, 0) is 30.6 Å². The minimum absolute atomic E-state index is 0. The molecular weight excluding hydrogens is 593 g/mol. The van der Waals surface area contributed by atoms with Gasteiger partial charge < -0.3 is 34.4 Å². The van der Waals surface area contributed by atoms with E-state index in [1.807, 2.05) is 51.1 Å². The molecule has 232 valence electrons. The molecule has 0 aliphatic rings. The number of esters is 1. The van der Waals surface area contributed by atoms with E-state index in [1.165, 1.54) is 4.68 Å².